The highest BCUT2D eigenvalue weighted by Gasteiger charge is 2.28. The van der Waals surface area contributed by atoms with Crippen LogP contribution in [0.2, 0.25) is 0 Å². The third kappa shape index (κ3) is 8.31. The molecule has 0 saturated heterocycles. The normalized spacial score (nSPS) is 13.6. The van der Waals surface area contributed by atoms with Crippen LogP contribution in [0.4, 0.5) is 0 Å². The first-order chi connectivity index (χ1) is 8.24. The maximum Gasteiger partial charge on any atom is 0.223 e. The van der Waals surface area contributed by atoms with Crippen molar-refractivity contribution in [1.29, 1.82) is 0 Å². The van der Waals surface area contributed by atoms with E-state index in [1.807, 2.05) is 6.92 Å². The highest BCUT2D eigenvalue weighted by Crippen LogP contribution is 2.28. The van der Waals surface area contributed by atoms with Crippen molar-refractivity contribution in [3.63, 3.8) is 0 Å². The van der Waals surface area contributed by atoms with Crippen LogP contribution in [0.1, 0.15) is 32.6 Å². The summed E-state index contributed by atoms with van der Waals surface area (Å²) in [5.41, 5.74) is 0. The van der Waals surface area contributed by atoms with Crippen molar-refractivity contribution in [2.75, 3.05) is 26.2 Å². The molecule has 0 spiro atoms. The summed E-state index contributed by atoms with van der Waals surface area (Å²) in [6, 6.07) is 0. The summed E-state index contributed by atoms with van der Waals surface area (Å²) in [6.45, 7) is 5.03. The number of halogens is 1. The molecule has 0 heterocycles. The van der Waals surface area contributed by atoms with E-state index < -0.39 is 0 Å². The Bertz CT molecular complexity index is 258. The van der Waals surface area contributed by atoms with Gasteiger partial charge in [-0.3, -0.25) is 9.59 Å². The maximum absolute atomic E-state index is 11.3. The Morgan fingerprint density at radius 3 is 2.44 bits per heavy atom. The first-order valence-electron chi connectivity index (χ1n) is 6.49. The molecular formula is C12H24ClN3O2. The van der Waals surface area contributed by atoms with Crippen molar-refractivity contribution >= 4 is 24.2 Å². The Balaban J connectivity index is 0.00000289. The molecule has 0 aromatic carbocycles. The van der Waals surface area contributed by atoms with Gasteiger partial charge in [0.25, 0.3) is 0 Å². The van der Waals surface area contributed by atoms with Crippen molar-refractivity contribution in [1.82, 2.24) is 16.0 Å². The van der Waals surface area contributed by atoms with Crippen molar-refractivity contribution in [2.45, 2.75) is 32.6 Å². The maximum atomic E-state index is 11.3. The predicted molar refractivity (Wildman–Crippen MR) is 73.8 cm³/mol. The molecule has 0 aliphatic heterocycles. The van der Waals surface area contributed by atoms with E-state index in [9.17, 15) is 9.59 Å². The topological polar surface area (TPSA) is 70.2 Å². The third-order valence-electron chi connectivity index (χ3n) is 2.70. The Hall–Kier alpha value is -0.810. The van der Waals surface area contributed by atoms with Gasteiger partial charge in [-0.25, -0.2) is 0 Å². The lowest BCUT2D eigenvalue weighted by Crippen LogP contribution is -2.32. The smallest absolute Gasteiger partial charge is 0.223 e. The van der Waals surface area contributed by atoms with Crippen molar-refractivity contribution in [3.05, 3.63) is 0 Å². The van der Waals surface area contributed by atoms with E-state index in [4.69, 9.17) is 0 Å². The first-order valence-corrected chi connectivity index (χ1v) is 6.49. The Morgan fingerprint density at radius 2 is 1.83 bits per heavy atom. The number of carbonyl (C=O) groups excluding carboxylic acids is 2. The zero-order valence-corrected chi connectivity index (χ0v) is 11.8. The van der Waals surface area contributed by atoms with E-state index in [-0.39, 0.29) is 30.1 Å². The summed E-state index contributed by atoms with van der Waals surface area (Å²) in [5, 5.41) is 8.81. The van der Waals surface area contributed by atoms with E-state index >= 15 is 0 Å². The van der Waals surface area contributed by atoms with Gasteiger partial charge in [0.05, 0.1) is 0 Å². The molecule has 6 heteroatoms. The second-order valence-electron chi connectivity index (χ2n) is 4.37. The van der Waals surface area contributed by atoms with Crippen molar-refractivity contribution < 1.29 is 9.59 Å². The molecule has 5 nitrogen and oxygen atoms in total. The quantitative estimate of drug-likeness (QED) is 0.536. The SMILES string of the molecule is CCNCCNC(=O)CCCNC(=O)C1CC1.Cl. The van der Waals surface area contributed by atoms with Crippen molar-refractivity contribution in [3.8, 4) is 0 Å². The molecule has 0 unspecified atom stereocenters. The number of hydrogen-bond donors (Lipinski definition) is 3. The van der Waals surface area contributed by atoms with Gasteiger partial charge in [0.1, 0.15) is 0 Å². The highest BCUT2D eigenvalue weighted by atomic mass is 35.5. The molecule has 106 valence electrons. The van der Waals surface area contributed by atoms with Gasteiger partial charge < -0.3 is 16.0 Å². The molecule has 1 rings (SSSR count). The molecule has 0 atom stereocenters. The second-order valence-corrected chi connectivity index (χ2v) is 4.37. The van der Waals surface area contributed by atoms with E-state index in [2.05, 4.69) is 16.0 Å². The van der Waals surface area contributed by atoms with Crippen LogP contribution >= 0.6 is 12.4 Å². The van der Waals surface area contributed by atoms with E-state index in [1.165, 1.54) is 0 Å². The molecule has 0 bridgehead atoms. The zero-order chi connectivity index (χ0) is 12.5. The van der Waals surface area contributed by atoms with Gasteiger partial charge >= 0.3 is 0 Å². The zero-order valence-electron chi connectivity index (χ0n) is 11.0. The molecule has 3 N–H and O–H groups in total. The average Bonchev–Trinajstić information content (AvgIpc) is 3.14. The number of nitrogens with one attached hydrogen (secondary N) is 3. The minimum atomic E-state index is 0. The Kier molecular flexibility index (Phi) is 9.69. The molecular weight excluding hydrogens is 254 g/mol. The molecule has 0 aromatic heterocycles. The lowest BCUT2D eigenvalue weighted by molar-refractivity contribution is -0.123. The molecule has 1 saturated carbocycles. The number of amides is 2. The average molecular weight is 278 g/mol. The fourth-order valence-electron chi connectivity index (χ4n) is 1.51. The minimum absolute atomic E-state index is 0. The number of carbonyl (C=O) groups is 2. The summed E-state index contributed by atoms with van der Waals surface area (Å²) >= 11 is 0. The fraction of sp³-hybridized carbons (Fsp3) is 0.833. The van der Waals surface area contributed by atoms with Crippen LogP contribution in [0.5, 0.6) is 0 Å². The van der Waals surface area contributed by atoms with Crippen LogP contribution in [-0.2, 0) is 9.59 Å². The molecule has 0 radical (unpaired) electrons. The summed E-state index contributed by atoms with van der Waals surface area (Å²) in [4.78, 5) is 22.6. The molecule has 1 fully saturated rings. The van der Waals surface area contributed by atoms with E-state index in [1.54, 1.807) is 0 Å². The number of hydrogen-bond acceptors (Lipinski definition) is 3. The lowest BCUT2D eigenvalue weighted by Gasteiger charge is -2.06. The van der Waals surface area contributed by atoms with Gasteiger partial charge in [-0.15, -0.1) is 12.4 Å². The summed E-state index contributed by atoms with van der Waals surface area (Å²) in [6.07, 6.45) is 3.25. The second kappa shape index (κ2) is 10.1. The standard InChI is InChI=1S/C12H23N3O2.ClH/c1-2-13-8-9-14-11(16)4-3-7-15-12(17)10-5-6-10;/h10,13H,2-9H2,1H3,(H,14,16)(H,15,17);1H. The monoisotopic (exact) mass is 277 g/mol. The lowest BCUT2D eigenvalue weighted by atomic mass is 10.3. The van der Waals surface area contributed by atoms with Gasteiger partial charge in [-0.2, -0.15) is 0 Å². The summed E-state index contributed by atoms with van der Waals surface area (Å²) in [7, 11) is 0. The predicted octanol–water partition coefficient (Wildman–Crippen LogP) is 0.440. The van der Waals surface area contributed by atoms with Crippen LogP contribution in [-0.4, -0.2) is 38.0 Å². The largest absolute Gasteiger partial charge is 0.356 e. The fourth-order valence-corrected chi connectivity index (χ4v) is 1.51. The number of rotatable bonds is 9. The molecule has 1 aliphatic rings. The Morgan fingerprint density at radius 1 is 1.11 bits per heavy atom. The van der Waals surface area contributed by atoms with Crippen molar-refractivity contribution in [2.24, 2.45) is 5.92 Å². The first kappa shape index (κ1) is 17.2. The summed E-state index contributed by atoms with van der Waals surface area (Å²) in [5.74, 6) is 0.463. The van der Waals surface area contributed by atoms with Crippen LogP contribution in [0.25, 0.3) is 0 Å². The molecule has 2 amide bonds. The van der Waals surface area contributed by atoms with E-state index in [0.29, 0.717) is 25.9 Å². The van der Waals surface area contributed by atoms with Gasteiger partial charge in [-0.05, 0) is 25.8 Å². The van der Waals surface area contributed by atoms with Gasteiger partial charge in [0, 0.05) is 32.0 Å². The third-order valence-corrected chi connectivity index (χ3v) is 2.70. The van der Waals surface area contributed by atoms with Gasteiger partial charge in [0.15, 0.2) is 0 Å². The van der Waals surface area contributed by atoms with Crippen LogP contribution in [0.3, 0.4) is 0 Å². The van der Waals surface area contributed by atoms with Gasteiger partial charge in [-0.1, -0.05) is 6.92 Å². The Labute approximate surface area is 115 Å². The molecule has 18 heavy (non-hydrogen) atoms. The minimum Gasteiger partial charge on any atom is -0.356 e. The summed E-state index contributed by atoms with van der Waals surface area (Å²) < 4.78 is 0. The highest BCUT2D eigenvalue weighted by molar-refractivity contribution is 5.85. The molecule has 1 aliphatic carbocycles. The molecule has 0 aromatic rings. The van der Waals surface area contributed by atoms with Crippen LogP contribution in [0.15, 0.2) is 0 Å². The van der Waals surface area contributed by atoms with E-state index in [0.717, 1.165) is 25.9 Å². The van der Waals surface area contributed by atoms with Gasteiger partial charge in [0.2, 0.25) is 11.8 Å². The number of likely N-dealkylation sites (N-methyl/N-ethyl adjacent to an activating group) is 1. The van der Waals surface area contributed by atoms with Crippen LogP contribution < -0.4 is 16.0 Å². The van der Waals surface area contributed by atoms with Crippen LogP contribution in [0, 0.1) is 5.92 Å².